The minimum absolute atomic E-state index is 0.0600. The zero-order chi connectivity index (χ0) is 25.6. The summed E-state index contributed by atoms with van der Waals surface area (Å²) in [7, 11) is 0. The molecule has 11 heteroatoms. The normalized spacial score (nSPS) is 27.7. The first-order valence-corrected chi connectivity index (χ1v) is 13.9. The summed E-state index contributed by atoms with van der Waals surface area (Å²) in [6.45, 7) is 6.50. The van der Waals surface area contributed by atoms with E-state index in [4.69, 9.17) is 29.4 Å². The Hall–Kier alpha value is -3.20. The third-order valence-electron chi connectivity index (χ3n) is 8.37. The summed E-state index contributed by atoms with van der Waals surface area (Å²) in [5, 5.41) is 20.4. The molecule has 4 aliphatic rings. The first-order valence-electron chi connectivity index (χ1n) is 13.9. The van der Waals surface area contributed by atoms with Gasteiger partial charge in [-0.25, -0.2) is 9.67 Å². The predicted molar refractivity (Wildman–Crippen MR) is 141 cm³/mol. The van der Waals surface area contributed by atoms with Crippen molar-refractivity contribution in [2.75, 3.05) is 49.4 Å². The van der Waals surface area contributed by atoms with Crippen molar-refractivity contribution in [1.29, 1.82) is 5.26 Å². The Kier molecular flexibility index (Phi) is 6.18. The second-order valence-electron chi connectivity index (χ2n) is 10.8. The molecule has 3 aromatic rings. The van der Waals surface area contributed by atoms with Crippen LogP contribution in [0.15, 0.2) is 18.3 Å². The first kappa shape index (κ1) is 23.9. The van der Waals surface area contributed by atoms with Crippen molar-refractivity contribution in [1.82, 2.24) is 24.5 Å². The molecular weight excluding hydrogens is 484 g/mol. The van der Waals surface area contributed by atoms with E-state index in [9.17, 15) is 5.26 Å². The van der Waals surface area contributed by atoms with Crippen LogP contribution in [0.3, 0.4) is 0 Å². The van der Waals surface area contributed by atoms with Gasteiger partial charge in [0, 0.05) is 37.5 Å². The van der Waals surface area contributed by atoms with Crippen LogP contribution in [0, 0.1) is 11.3 Å². The largest absolute Gasteiger partial charge is 0.377 e. The van der Waals surface area contributed by atoms with Gasteiger partial charge in [0.25, 0.3) is 0 Å². The highest BCUT2D eigenvalue weighted by Crippen LogP contribution is 2.40. The van der Waals surface area contributed by atoms with Crippen molar-refractivity contribution in [2.45, 2.75) is 69.8 Å². The van der Waals surface area contributed by atoms with Gasteiger partial charge in [-0.05, 0) is 39.0 Å². The molecule has 7 heterocycles. The Morgan fingerprint density at radius 3 is 2.66 bits per heavy atom. The van der Waals surface area contributed by atoms with Gasteiger partial charge in [0.1, 0.15) is 12.0 Å². The topological polar surface area (TPSA) is 106 Å². The van der Waals surface area contributed by atoms with Gasteiger partial charge in [0.05, 0.1) is 67.8 Å². The molecule has 4 saturated heterocycles. The number of ether oxygens (including phenoxy) is 3. The summed E-state index contributed by atoms with van der Waals surface area (Å²) in [4.78, 5) is 10.1. The maximum absolute atomic E-state index is 9.71. The average Bonchev–Trinajstić information content (AvgIpc) is 3.64. The Morgan fingerprint density at radius 1 is 1.03 bits per heavy atom. The summed E-state index contributed by atoms with van der Waals surface area (Å²) >= 11 is 0. The van der Waals surface area contributed by atoms with Crippen molar-refractivity contribution < 1.29 is 14.2 Å². The summed E-state index contributed by atoms with van der Waals surface area (Å²) in [6, 6.07) is 7.34. The third kappa shape index (κ3) is 4.02. The zero-order valence-corrected chi connectivity index (χ0v) is 21.8. The number of pyridine rings is 1. The summed E-state index contributed by atoms with van der Waals surface area (Å²) in [5.41, 5.74) is 2.53. The fourth-order valence-electron chi connectivity index (χ4n) is 6.49. The highest BCUT2D eigenvalue weighted by atomic mass is 16.5. The van der Waals surface area contributed by atoms with Gasteiger partial charge in [-0.1, -0.05) is 0 Å². The number of nitrogens with zero attached hydrogens (tertiary/aromatic N) is 8. The van der Waals surface area contributed by atoms with E-state index in [2.05, 4.69) is 28.9 Å². The fourth-order valence-corrected chi connectivity index (χ4v) is 6.49. The second kappa shape index (κ2) is 9.84. The molecule has 11 nitrogen and oxygen atoms in total. The molecule has 38 heavy (non-hydrogen) atoms. The molecule has 4 aliphatic heterocycles. The Balaban J connectivity index is 1.40. The van der Waals surface area contributed by atoms with E-state index in [-0.39, 0.29) is 18.7 Å². The van der Waals surface area contributed by atoms with Crippen LogP contribution in [0.1, 0.15) is 50.9 Å². The molecule has 0 aliphatic carbocycles. The number of anilines is 2. The SMILES string of the molecule is C[C@@H]1COCCN1c1cc(N2C3CCC2COC3)nc2c1c(CC#N)nn2-c1ccn(C2CCCCO2)n1. The number of fused-ring (bicyclic) bond motifs is 3. The average molecular weight is 519 g/mol. The second-order valence-corrected chi connectivity index (χ2v) is 10.8. The molecular formula is C27H34N8O3. The van der Waals surface area contributed by atoms with Crippen LogP contribution >= 0.6 is 0 Å². The molecule has 7 rings (SSSR count). The molecule has 0 saturated carbocycles. The molecule has 3 aromatic heterocycles. The number of hydrogen-bond acceptors (Lipinski definition) is 9. The van der Waals surface area contributed by atoms with E-state index >= 15 is 0 Å². The molecule has 200 valence electrons. The minimum atomic E-state index is -0.0600. The van der Waals surface area contributed by atoms with Crippen molar-refractivity contribution in [2.24, 2.45) is 0 Å². The molecule has 3 unspecified atom stereocenters. The number of rotatable bonds is 5. The van der Waals surface area contributed by atoms with Gasteiger partial charge in [0.2, 0.25) is 0 Å². The maximum atomic E-state index is 9.71. The van der Waals surface area contributed by atoms with Crippen molar-refractivity contribution >= 4 is 22.5 Å². The van der Waals surface area contributed by atoms with Gasteiger partial charge in [-0.3, -0.25) is 0 Å². The molecule has 4 atom stereocenters. The van der Waals surface area contributed by atoms with Crippen LogP contribution in [0.25, 0.3) is 16.9 Å². The lowest BCUT2D eigenvalue weighted by molar-refractivity contribution is -0.0395. The highest BCUT2D eigenvalue weighted by molar-refractivity contribution is 5.95. The quantitative estimate of drug-likeness (QED) is 0.504. The number of morpholine rings is 2. The van der Waals surface area contributed by atoms with E-state index in [1.165, 1.54) is 0 Å². The van der Waals surface area contributed by atoms with Gasteiger partial charge in [0.15, 0.2) is 11.5 Å². The Bertz CT molecular complexity index is 1340. The molecule has 0 aromatic carbocycles. The molecule has 0 amide bonds. The summed E-state index contributed by atoms with van der Waals surface area (Å²) in [6.07, 6.45) is 7.48. The number of aromatic nitrogens is 5. The van der Waals surface area contributed by atoms with E-state index in [0.717, 1.165) is 86.7 Å². The maximum Gasteiger partial charge on any atom is 0.177 e. The van der Waals surface area contributed by atoms with Crippen LogP contribution in [0.5, 0.6) is 0 Å². The Morgan fingerprint density at radius 2 is 1.89 bits per heavy atom. The van der Waals surface area contributed by atoms with Crippen LogP contribution in [-0.2, 0) is 20.6 Å². The van der Waals surface area contributed by atoms with E-state index < -0.39 is 0 Å². The van der Waals surface area contributed by atoms with E-state index in [1.54, 1.807) is 0 Å². The van der Waals surface area contributed by atoms with E-state index in [1.807, 2.05) is 21.6 Å². The van der Waals surface area contributed by atoms with E-state index in [0.29, 0.717) is 31.1 Å². The molecule has 2 bridgehead atoms. The van der Waals surface area contributed by atoms with Crippen LogP contribution in [0.4, 0.5) is 11.5 Å². The van der Waals surface area contributed by atoms with Crippen LogP contribution in [0.2, 0.25) is 0 Å². The van der Waals surface area contributed by atoms with Crippen molar-refractivity contribution in [3.8, 4) is 11.9 Å². The van der Waals surface area contributed by atoms with Gasteiger partial charge < -0.3 is 24.0 Å². The van der Waals surface area contributed by atoms with Gasteiger partial charge >= 0.3 is 0 Å². The van der Waals surface area contributed by atoms with Gasteiger partial charge in [-0.15, -0.1) is 0 Å². The monoisotopic (exact) mass is 518 g/mol. The predicted octanol–water partition coefficient (Wildman–Crippen LogP) is 2.97. The molecule has 0 radical (unpaired) electrons. The number of nitriles is 1. The summed E-state index contributed by atoms with van der Waals surface area (Å²) < 4.78 is 21.3. The van der Waals surface area contributed by atoms with Gasteiger partial charge in [-0.2, -0.15) is 20.1 Å². The van der Waals surface area contributed by atoms with Crippen molar-refractivity contribution in [3.05, 3.63) is 24.0 Å². The smallest absolute Gasteiger partial charge is 0.177 e. The summed E-state index contributed by atoms with van der Waals surface area (Å²) in [5.74, 6) is 1.63. The number of hydrogen-bond donors (Lipinski definition) is 0. The first-order chi connectivity index (χ1) is 18.7. The van der Waals surface area contributed by atoms with Crippen LogP contribution in [-0.4, -0.2) is 82.2 Å². The lowest BCUT2D eigenvalue weighted by Crippen LogP contribution is -2.47. The Labute approximate surface area is 221 Å². The standard InChI is InChI=1S/C27H34N8O3/c1-18-15-36-13-11-32(18)22-14-24(34-19-5-6-20(34)17-37-16-19)29-27-26(22)21(7-9-28)30-35(27)23-8-10-33(31-23)25-4-2-3-12-38-25/h8,10,14,18-20,25H,2-7,11-13,15-17H2,1H3/t18-,19?,20?,25?/m1/s1. The fraction of sp³-hybridized carbons (Fsp3) is 0.630. The lowest BCUT2D eigenvalue weighted by atomic mass is 10.1. The molecule has 0 spiro atoms. The highest BCUT2D eigenvalue weighted by Gasteiger charge is 2.39. The third-order valence-corrected chi connectivity index (χ3v) is 8.37. The molecule has 4 fully saturated rings. The van der Waals surface area contributed by atoms with Crippen molar-refractivity contribution in [3.63, 3.8) is 0 Å². The van der Waals surface area contributed by atoms with Crippen LogP contribution < -0.4 is 9.80 Å². The minimum Gasteiger partial charge on any atom is -0.377 e. The zero-order valence-electron chi connectivity index (χ0n) is 21.8. The lowest BCUT2D eigenvalue weighted by Gasteiger charge is -2.38. The molecule has 0 N–H and O–H groups in total.